The van der Waals surface area contributed by atoms with Crippen LogP contribution in [-0.4, -0.2) is 55.8 Å². The number of amides is 1. The lowest BCUT2D eigenvalue weighted by molar-refractivity contribution is 0.0963. The van der Waals surface area contributed by atoms with Crippen molar-refractivity contribution in [3.8, 4) is 0 Å². The van der Waals surface area contributed by atoms with Gasteiger partial charge in [-0.05, 0) is 66.7 Å². The summed E-state index contributed by atoms with van der Waals surface area (Å²) in [6, 6.07) is 5.30. The summed E-state index contributed by atoms with van der Waals surface area (Å²) in [5, 5.41) is 6.70. The summed E-state index contributed by atoms with van der Waals surface area (Å²) < 4.78 is 18.8. The first-order valence-corrected chi connectivity index (χ1v) is 10.2. The Hall–Kier alpha value is -1.83. The molecule has 0 bridgehead atoms. The number of piperidine rings is 1. The molecule has 6 nitrogen and oxygen atoms in total. The van der Waals surface area contributed by atoms with E-state index in [0.29, 0.717) is 30.7 Å². The maximum absolute atomic E-state index is 13.3. The SMILES string of the molecule is CCNC(=NCCc1ccc(F)c(Br)c1)NC1CCN(C(=O)OCC)CC1. The van der Waals surface area contributed by atoms with Crippen molar-refractivity contribution in [3.05, 3.63) is 34.1 Å². The molecule has 0 radical (unpaired) electrons. The van der Waals surface area contributed by atoms with Crippen LogP contribution in [0.2, 0.25) is 0 Å². The van der Waals surface area contributed by atoms with Crippen molar-refractivity contribution in [2.75, 3.05) is 32.8 Å². The molecule has 1 aromatic carbocycles. The largest absolute Gasteiger partial charge is 0.450 e. The number of aliphatic imine (C=N–C) groups is 1. The van der Waals surface area contributed by atoms with Gasteiger partial charge >= 0.3 is 6.09 Å². The lowest BCUT2D eigenvalue weighted by atomic mass is 10.1. The summed E-state index contributed by atoms with van der Waals surface area (Å²) in [6.07, 6.45) is 2.21. The maximum Gasteiger partial charge on any atom is 0.409 e. The van der Waals surface area contributed by atoms with Gasteiger partial charge in [0, 0.05) is 32.2 Å². The Kier molecular flexibility index (Phi) is 8.84. The Labute approximate surface area is 168 Å². The molecular formula is C19H28BrFN4O2. The Morgan fingerprint density at radius 2 is 2.11 bits per heavy atom. The van der Waals surface area contributed by atoms with E-state index in [1.165, 1.54) is 6.07 Å². The third kappa shape index (κ3) is 7.01. The van der Waals surface area contributed by atoms with Crippen LogP contribution in [0.5, 0.6) is 0 Å². The van der Waals surface area contributed by atoms with E-state index >= 15 is 0 Å². The van der Waals surface area contributed by atoms with E-state index < -0.39 is 0 Å². The molecule has 0 spiro atoms. The summed E-state index contributed by atoms with van der Waals surface area (Å²) in [7, 11) is 0. The molecule has 0 unspecified atom stereocenters. The number of guanidine groups is 1. The second-order valence-electron chi connectivity index (χ2n) is 6.36. The van der Waals surface area contributed by atoms with Gasteiger partial charge in [-0.2, -0.15) is 0 Å². The summed E-state index contributed by atoms with van der Waals surface area (Å²) >= 11 is 3.21. The minimum atomic E-state index is -0.258. The van der Waals surface area contributed by atoms with Crippen LogP contribution in [0.15, 0.2) is 27.7 Å². The fourth-order valence-electron chi connectivity index (χ4n) is 2.93. The van der Waals surface area contributed by atoms with Crippen molar-refractivity contribution in [1.29, 1.82) is 0 Å². The van der Waals surface area contributed by atoms with Crippen LogP contribution in [0.25, 0.3) is 0 Å². The van der Waals surface area contributed by atoms with Crippen LogP contribution in [-0.2, 0) is 11.2 Å². The van der Waals surface area contributed by atoms with Crippen molar-refractivity contribution in [1.82, 2.24) is 15.5 Å². The fraction of sp³-hybridized carbons (Fsp3) is 0.579. The van der Waals surface area contributed by atoms with Crippen LogP contribution < -0.4 is 10.6 Å². The molecule has 1 saturated heterocycles. The molecule has 1 aliphatic heterocycles. The molecule has 0 saturated carbocycles. The molecule has 0 aromatic heterocycles. The molecule has 150 valence electrons. The number of hydrogen-bond donors (Lipinski definition) is 2. The zero-order chi connectivity index (χ0) is 19.6. The van der Waals surface area contributed by atoms with Gasteiger partial charge in [0.25, 0.3) is 0 Å². The number of likely N-dealkylation sites (tertiary alicyclic amines) is 1. The normalized spacial score (nSPS) is 15.6. The highest BCUT2D eigenvalue weighted by atomic mass is 79.9. The third-order valence-corrected chi connectivity index (χ3v) is 4.97. The van der Waals surface area contributed by atoms with Crippen LogP contribution >= 0.6 is 15.9 Å². The van der Waals surface area contributed by atoms with E-state index in [-0.39, 0.29) is 18.0 Å². The molecular weight excluding hydrogens is 415 g/mol. The van der Waals surface area contributed by atoms with Gasteiger partial charge in [-0.25, -0.2) is 9.18 Å². The molecule has 2 N–H and O–H groups in total. The maximum atomic E-state index is 13.3. The van der Waals surface area contributed by atoms with Crippen LogP contribution in [0.3, 0.4) is 0 Å². The molecule has 0 aliphatic carbocycles. The number of hydrogen-bond acceptors (Lipinski definition) is 3. The van der Waals surface area contributed by atoms with Crippen molar-refractivity contribution < 1.29 is 13.9 Å². The molecule has 8 heteroatoms. The Balaban J connectivity index is 1.83. The number of nitrogens with zero attached hydrogens (tertiary/aromatic N) is 2. The predicted octanol–water partition coefficient (Wildman–Crippen LogP) is 3.31. The number of rotatable bonds is 6. The first-order valence-electron chi connectivity index (χ1n) is 9.44. The van der Waals surface area contributed by atoms with Gasteiger partial charge in [0.2, 0.25) is 0 Å². The molecule has 2 rings (SSSR count). The second-order valence-corrected chi connectivity index (χ2v) is 7.22. The van der Waals surface area contributed by atoms with Gasteiger partial charge < -0.3 is 20.3 Å². The molecule has 1 amide bonds. The molecule has 27 heavy (non-hydrogen) atoms. The van der Waals surface area contributed by atoms with Gasteiger partial charge in [-0.3, -0.25) is 4.99 Å². The molecule has 1 fully saturated rings. The average Bonchev–Trinajstić information content (AvgIpc) is 2.65. The Bertz CT molecular complexity index is 649. The Morgan fingerprint density at radius 3 is 2.74 bits per heavy atom. The van der Waals surface area contributed by atoms with Gasteiger partial charge in [-0.1, -0.05) is 6.07 Å². The van der Waals surface area contributed by atoms with E-state index in [1.54, 1.807) is 17.0 Å². The number of halogens is 2. The van der Waals surface area contributed by atoms with E-state index in [0.717, 1.165) is 37.3 Å². The van der Waals surface area contributed by atoms with E-state index in [4.69, 9.17) is 4.74 Å². The Morgan fingerprint density at radius 1 is 1.37 bits per heavy atom. The minimum absolute atomic E-state index is 0.234. The van der Waals surface area contributed by atoms with Crippen molar-refractivity contribution >= 4 is 28.0 Å². The van der Waals surface area contributed by atoms with Gasteiger partial charge in [-0.15, -0.1) is 0 Å². The number of ether oxygens (including phenoxy) is 1. The fourth-order valence-corrected chi connectivity index (χ4v) is 3.35. The van der Waals surface area contributed by atoms with E-state index in [9.17, 15) is 9.18 Å². The monoisotopic (exact) mass is 442 g/mol. The van der Waals surface area contributed by atoms with Crippen LogP contribution in [0.4, 0.5) is 9.18 Å². The van der Waals surface area contributed by atoms with E-state index in [1.807, 2.05) is 13.8 Å². The minimum Gasteiger partial charge on any atom is -0.450 e. The first-order chi connectivity index (χ1) is 13.0. The molecule has 1 aromatic rings. The molecule has 1 heterocycles. The third-order valence-electron chi connectivity index (χ3n) is 4.36. The first kappa shape index (κ1) is 21.5. The van der Waals surface area contributed by atoms with Gasteiger partial charge in [0.05, 0.1) is 11.1 Å². The summed E-state index contributed by atoms with van der Waals surface area (Å²) in [5.74, 6) is 0.514. The quantitative estimate of drug-likeness (QED) is 0.523. The average molecular weight is 443 g/mol. The highest BCUT2D eigenvalue weighted by Crippen LogP contribution is 2.17. The number of benzene rings is 1. The highest BCUT2D eigenvalue weighted by molar-refractivity contribution is 9.10. The summed E-state index contributed by atoms with van der Waals surface area (Å²) in [6.45, 7) is 6.98. The molecule has 1 aliphatic rings. The zero-order valence-corrected chi connectivity index (χ0v) is 17.5. The summed E-state index contributed by atoms with van der Waals surface area (Å²) in [4.78, 5) is 18.1. The number of carbonyl (C=O) groups excluding carboxylic acids is 1. The van der Waals surface area contributed by atoms with Crippen molar-refractivity contribution in [2.24, 2.45) is 4.99 Å². The van der Waals surface area contributed by atoms with Gasteiger partial charge in [0.15, 0.2) is 5.96 Å². The number of carbonyl (C=O) groups is 1. The van der Waals surface area contributed by atoms with Crippen LogP contribution in [0, 0.1) is 5.82 Å². The lowest BCUT2D eigenvalue weighted by Crippen LogP contribution is -2.50. The zero-order valence-electron chi connectivity index (χ0n) is 15.9. The standard InChI is InChI=1S/C19H28BrFN4O2/c1-3-22-18(23-10-7-14-5-6-17(21)16(20)13-14)24-15-8-11-25(12-9-15)19(26)27-4-2/h5-6,13,15H,3-4,7-12H2,1-2H3,(H2,22,23,24). The van der Waals surface area contributed by atoms with E-state index in [2.05, 4.69) is 31.6 Å². The highest BCUT2D eigenvalue weighted by Gasteiger charge is 2.23. The van der Waals surface area contributed by atoms with Crippen molar-refractivity contribution in [2.45, 2.75) is 39.2 Å². The second kappa shape index (κ2) is 11.1. The van der Waals surface area contributed by atoms with Crippen LogP contribution in [0.1, 0.15) is 32.3 Å². The number of nitrogens with one attached hydrogen (secondary N) is 2. The summed E-state index contributed by atoms with van der Waals surface area (Å²) in [5.41, 5.74) is 1.03. The lowest BCUT2D eigenvalue weighted by Gasteiger charge is -2.32. The topological polar surface area (TPSA) is 66.0 Å². The van der Waals surface area contributed by atoms with Crippen molar-refractivity contribution in [3.63, 3.8) is 0 Å². The smallest absolute Gasteiger partial charge is 0.409 e. The predicted molar refractivity (Wildman–Crippen MR) is 109 cm³/mol. The van der Waals surface area contributed by atoms with Gasteiger partial charge in [0.1, 0.15) is 5.82 Å². The molecule has 0 atom stereocenters.